The van der Waals surface area contributed by atoms with E-state index in [1.165, 1.54) is 24.3 Å². The van der Waals surface area contributed by atoms with Crippen molar-refractivity contribution in [3.8, 4) is 0 Å². The van der Waals surface area contributed by atoms with E-state index in [0.717, 1.165) is 0 Å². The molecule has 0 radical (unpaired) electrons. The van der Waals surface area contributed by atoms with Crippen molar-refractivity contribution in [1.82, 2.24) is 0 Å². The van der Waals surface area contributed by atoms with E-state index in [-0.39, 0.29) is 4.90 Å². The highest BCUT2D eigenvalue weighted by Gasteiger charge is 2.13. The molecule has 5 heteroatoms. The summed E-state index contributed by atoms with van der Waals surface area (Å²) < 4.78 is 38.8. The second kappa shape index (κ2) is 5.18. The lowest BCUT2D eigenvalue weighted by molar-refractivity contribution is 0.485. The van der Waals surface area contributed by atoms with Gasteiger partial charge in [-0.2, -0.15) is 0 Å². The number of alkyl halides is 1. The summed E-state index contributed by atoms with van der Waals surface area (Å²) in [6.07, 6.45) is 0. The molecule has 18 heavy (non-hydrogen) atoms. The normalized spacial score (nSPS) is 11.2. The molecule has 0 aliphatic heterocycles. The molecule has 0 saturated carbocycles. The second-order valence-electron chi connectivity index (χ2n) is 3.75. The predicted molar refractivity (Wildman–Crippen MR) is 68.5 cm³/mol. The van der Waals surface area contributed by atoms with E-state index in [1.807, 2.05) is 0 Å². The fourth-order valence-electron chi connectivity index (χ4n) is 1.48. The quantitative estimate of drug-likeness (QED) is 0.923. The van der Waals surface area contributed by atoms with Gasteiger partial charge in [-0.3, -0.25) is 4.72 Å². The van der Waals surface area contributed by atoms with E-state index in [1.54, 1.807) is 30.3 Å². The van der Waals surface area contributed by atoms with E-state index >= 15 is 0 Å². The number of anilines is 1. The molecule has 0 fully saturated rings. The third kappa shape index (κ3) is 2.87. The summed E-state index contributed by atoms with van der Waals surface area (Å²) >= 11 is 0. The summed E-state index contributed by atoms with van der Waals surface area (Å²) in [5, 5.41) is 0. The van der Waals surface area contributed by atoms with Gasteiger partial charge in [0.2, 0.25) is 0 Å². The average Bonchev–Trinajstić information content (AvgIpc) is 2.39. The minimum atomic E-state index is -3.61. The molecule has 0 aromatic heterocycles. The zero-order valence-electron chi connectivity index (χ0n) is 9.51. The molecule has 0 unspecified atom stereocenters. The summed E-state index contributed by atoms with van der Waals surface area (Å²) in [5.74, 6) is 0. The summed E-state index contributed by atoms with van der Waals surface area (Å²) in [6.45, 7) is -0.605. The van der Waals surface area contributed by atoms with Crippen LogP contribution < -0.4 is 4.72 Å². The first-order chi connectivity index (χ1) is 8.62. The Labute approximate surface area is 105 Å². The van der Waals surface area contributed by atoms with Crippen LogP contribution in [0.1, 0.15) is 5.56 Å². The van der Waals surface area contributed by atoms with Crippen molar-refractivity contribution in [3.63, 3.8) is 0 Å². The van der Waals surface area contributed by atoms with Crippen LogP contribution >= 0.6 is 0 Å². The van der Waals surface area contributed by atoms with Crippen molar-refractivity contribution in [2.24, 2.45) is 0 Å². The summed E-state index contributed by atoms with van der Waals surface area (Å²) in [6, 6.07) is 14.3. The van der Waals surface area contributed by atoms with E-state index in [9.17, 15) is 12.8 Å². The van der Waals surface area contributed by atoms with Crippen molar-refractivity contribution < 1.29 is 12.8 Å². The van der Waals surface area contributed by atoms with Crippen LogP contribution in [-0.2, 0) is 16.7 Å². The van der Waals surface area contributed by atoms with Gasteiger partial charge in [-0.25, -0.2) is 12.8 Å². The molecule has 3 nitrogen and oxygen atoms in total. The van der Waals surface area contributed by atoms with Gasteiger partial charge >= 0.3 is 0 Å². The van der Waals surface area contributed by atoms with Crippen LogP contribution in [0.15, 0.2) is 59.5 Å². The van der Waals surface area contributed by atoms with E-state index in [0.29, 0.717) is 11.3 Å². The third-order valence-electron chi connectivity index (χ3n) is 2.41. The Morgan fingerprint density at radius 2 is 1.56 bits per heavy atom. The van der Waals surface area contributed by atoms with Crippen molar-refractivity contribution in [3.05, 3.63) is 60.2 Å². The molecule has 0 bridgehead atoms. The molecule has 0 heterocycles. The standard InChI is InChI=1S/C13H12FNO2S/c14-10-11-6-8-13(9-7-11)18(16,17)15-12-4-2-1-3-5-12/h1-9,15H,10H2. The zero-order chi connectivity index (χ0) is 13.0. The number of halogens is 1. The van der Waals surface area contributed by atoms with Gasteiger partial charge in [-0.1, -0.05) is 30.3 Å². The maximum absolute atomic E-state index is 12.3. The molecular weight excluding hydrogens is 253 g/mol. The maximum Gasteiger partial charge on any atom is 0.261 e. The highest BCUT2D eigenvalue weighted by Crippen LogP contribution is 2.16. The monoisotopic (exact) mass is 265 g/mol. The number of nitrogens with one attached hydrogen (secondary N) is 1. The van der Waals surface area contributed by atoms with E-state index in [2.05, 4.69) is 4.72 Å². The second-order valence-corrected chi connectivity index (χ2v) is 5.43. The molecule has 0 aliphatic carbocycles. The van der Waals surface area contributed by atoms with Crippen molar-refractivity contribution in [2.45, 2.75) is 11.6 Å². The first-order valence-corrected chi connectivity index (χ1v) is 6.83. The number of sulfonamides is 1. The predicted octanol–water partition coefficient (Wildman–Crippen LogP) is 2.96. The Kier molecular flexibility index (Phi) is 3.62. The van der Waals surface area contributed by atoms with Gasteiger partial charge in [0, 0.05) is 5.69 Å². The molecule has 2 aromatic carbocycles. The largest absolute Gasteiger partial charge is 0.280 e. The van der Waals surface area contributed by atoms with Crippen LogP contribution in [0.4, 0.5) is 10.1 Å². The molecule has 94 valence electrons. The zero-order valence-corrected chi connectivity index (χ0v) is 10.3. The lowest BCUT2D eigenvalue weighted by atomic mass is 10.2. The van der Waals surface area contributed by atoms with Gasteiger partial charge in [0.05, 0.1) is 4.90 Å². The van der Waals surface area contributed by atoms with Crippen LogP contribution in [0.25, 0.3) is 0 Å². The number of rotatable bonds is 4. The van der Waals surface area contributed by atoms with Gasteiger partial charge in [0.1, 0.15) is 6.67 Å². The lowest BCUT2D eigenvalue weighted by Crippen LogP contribution is -2.12. The van der Waals surface area contributed by atoms with Crippen molar-refractivity contribution in [2.75, 3.05) is 4.72 Å². The molecule has 0 atom stereocenters. The summed E-state index contributed by atoms with van der Waals surface area (Å²) in [7, 11) is -3.61. The van der Waals surface area contributed by atoms with Crippen molar-refractivity contribution >= 4 is 15.7 Å². The molecular formula is C13H12FNO2S. The first kappa shape index (κ1) is 12.6. The van der Waals surface area contributed by atoms with Gasteiger partial charge in [-0.05, 0) is 29.8 Å². The van der Waals surface area contributed by atoms with Crippen LogP contribution in [-0.4, -0.2) is 8.42 Å². The topological polar surface area (TPSA) is 46.2 Å². The number of para-hydroxylation sites is 1. The van der Waals surface area contributed by atoms with Crippen LogP contribution in [0.5, 0.6) is 0 Å². The fourth-order valence-corrected chi connectivity index (χ4v) is 2.54. The van der Waals surface area contributed by atoms with Crippen molar-refractivity contribution in [1.29, 1.82) is 0 Å². The Morgan fingerprint density at radius 3 is 2.11 bits per heavy atom. The van der Waals surface area contributed by atoms with Gasteiger partial charge in [-0.15, -0.1) is 0 Å². The highest BCUT2D eigenvalue weighted by molar-refractivity contribution is 7.92. The molecule has 2 aromatic rings. The molecule has 0 amide bonds. The SMILES string of the molecule is O=S(=O)(Nc1ccccc1)c1ccc(CF)cc1. The number of hydrogen-bond donors (Lipinski definition) is 1. The highest BCUT2D eigenvalue weighted by atomic mass is 32.2. The van der Waals surface area contributed by atoms with Crippen LogP contribution in [0.3, 0.4) is 0 Å². The molecule has 1 N–H and O–H groups in total. The van der Waals surface area contributed by atoms with E-state index < -0.39 is 16.7 Å². The molecule has 0 spiro atoms. The Bertz CT molecular complexity index is 609. The molecule has 0 saturated heterocycles. The first-order valence-electron chi connectivity index (χ1n) is 5.34. The van der Waals surface area contributed by atoms with Gasteiger partial charge in [0.25, 0.3) is 10.0 Å². The molecule has 2 rings (SSSR count). The minimum absolute atomic E-state index is 0.114. The van der Waals surface area contributed by atoms with E-state index in [4.69, 9.17) is 0 Å². The maximum atomic E-state index is 12.3. The Balaban J connectivity index is 2.25. The van der Waals surface area contributed by atoms with Gasteiger partial charge in [0.15, 0.2) is 0 Å². The number of benzene rings is 2. The average molecular weight is 265 g/mol. The van der Waals surface area contributed by atoms with Gasteiger partial charge < -0.3 is 0 Å². The number of hydrogen-bond acceptors (Lipinski definition) is 2. The summed E-state index contributed by atoms with van der Waals surface area (Å²) in [4.78, 5) is 0.114. The lowest BCUT2D eigenvalue weighted by Gasteiger charge is -2.08. The van der Waals surface area contributed by atoms with Crippen LogP contribution in [0.2, 0.25) is 0 Å². The third-order valence-corrected chi connectivity index (χ3v) is 3.81. The molecule has 0 aliphatic rings. The van der Waals surface area contributed by atoms with Crippen LogP contribution in [0, 0.1) is 0 Å². The summed E-state index contributed by atoms with van der Waals surface area (Å²) in [5.41, 5.74) is 0.945. The fraction of sp³-hybridized carbons (Fsp3) is 0.0769. The Hall–Kier alpha value is -1.88. The smallest absolute Gasteiger partial charge is 0.261 e. The Morgan fingerprint density at radius 1 is 0.944 bits per heavy atom. The minimum Gasteiger partial charge on any atom is -0.280 e.